The standard InChI is InChI=1S/C13H17FN4O2S/c1-8-12(14)3-10(5-15)4-13(8)21(19,20)17-7-11-6-16-18-9(11)2/h3-4,6,17H,5,7,15H2,1-2H3,(H,16,18). The van der Waals surface area contributed by atoms with E-state index in [2.05, 4.69) is 14.9 Å². The summed E-state index contributed by atoms with van der Waals surface area (Å²) in [5, 5.41) is 6.54. The minimum atomic E-state index is -3.83. The van der Waals surface area contributed by atoms with Crippen LogP contribution in [0.1, 0.15) is 22.4 Å². The van der Waals surface area contributed by atoms with Crippen molar-refractivity contribution in [2.75, 3.05) is 0 Å². The molecule has 4 N–H and O–H groups in total. The highest BCUT2D eigenvalue weighted by molar-refractivity contribution is 7.89. The zero-order valence-electron chi connectivity index (χ0n) is 11.8. The van der Waals surface area contributed by atoms with Gasteiger partial charge in [-0.1, -0.05) is 0 Å². The number of sulfonamides is 1. The number of halogens is 1. The number of rotatable bonds is 5. The molecule has 0 atom stereocenters. The van der Waals surface area contributed by atoms with E-state index >= 15 is 0 Å². The summed E-state index contributed by atoms with van der Waals surface area (Å²) in [6.07, 6.45) is 1.54. The molecule has 1 aromatic carbocycles. The van der Waals surface area contributed by atoms with Crippen LogP contribution in [0, 0.1) is 19.7 Å². The van der Waals surface area contributed by atoms with Crippen molar-refractivity contribution in [3.8, 4) is 0 Å². The first-order valence-electron chi connectivity index (χ1n) is 6.32. The van der Waals surface area contributed by atoms with Crippen LogP contribution in [0.5, 0.6) is 0 Å². The van der Waals surface area contributed by atoms with E-state index in [1.165, 1.54) is 19.1 Å². The Morgan fingerprint density at radius 2 is 2.10 bits per heavy atom. The molecule has 114 valence electrons. The van der Waals surface area contributed by atoms with Gasteiger partial charge in [-0.3, -0.25) is 5.10 Å². The maximum absolute atomic E-state index is 13.8. The van der Waals surface area contributed by atoms with E-state index in [4.69, 9.17) is 5.73 Å². The number of benzene rings is 1. The van der Waals surface area contributed by atoms with Gasteiger partial charge in [-0.25, -0.2) is 17.5 Å². The van der Waals surface area contributed by atoms with Crippen molar-refractivity contribution in [3.05, 3.63) is 46.5 Å². The molecule has 6 nitrogen and oxygen atoms in total. The molecule has 2 aromatic rings. The van der Waals surface area contributed by atoms with Gasteiger partial charge in [-0.2, -0.15) is 5.10 Å². The molecule has 0 saturated carbocycles. The van der Waals surface area contributed by atoms with Crippen molar-refractivity contribution in [1.29, 1.82) is 0 Å². The number of nitrogens with zero attached hydrogens (tertiary/aromatic N) is 1. The number of aryl methyl sites for hydroxylation is 1. The maximum atomic E-state index is 13.8. The lowest BCUT2D eigenvalue weighted by Crippen LogP contribution is -2.24. The Morgan fingerprint density at radius 1 is 1.38 bits per heavy atom. The van der Waals surface area contributed by atoms with Crippen molar-refractivity contribution in [2.45, 2.75) is 31.8 Å². The average Bonchev–Trinajstić information content (AvgIpc) is 2.84. The number of nitrogens with two attached hydrogens (primary N) is 1. The average molecular weight is 312 g/mol. The molecule has 1 aromatic heterocycles. The molecule has 2 rings (SSSR count). The van der Waals surface area contributed by atoms with Crippen LogP contribution in [0.2, 0.25) is 0 Å². The highest BCUT2D eigenvalue weighted by Crippen LogP contribution is 2.20. The van der Waals surface area contributed by atoms with E-state index in [0.717, 1.165) is 11.3 Å². The lowest BCUT2D eigenvalue weighted by Gasteiger charge is -2.11. The molecule has 0 saturated heterocycles. The first-order chi connectivity index (χ1) is 9.85. The van der Waals surface area contributed by atoms with E-state index in [1.807, 2.05) is 0 Å². The third-order valence-corrected chi connectivity index (χ3v) is 4.80. The van der Waals surface area contributed by atoms with Gasteiger partial charge in [-0.15, -0.1) is 0 Å². The van der Waals surface area contributed by atoms with Gasteiger partial charge in [0.25, 0.3) is 0 Å². The summed E-state index contributed by atoms with van der Waals surface area (Å²) in [5.41, 5.74) is 7.46. The Bertz CT molecular complexity index is 756. The van der Waals surface area contributed by atoms with Crippen molar-refractivity contribution in [1.82, 2.24) is 14.9 Å². The van der Waals surface area contributed by atoms with E-state index in [0.29, 0.717) is 5.56 Å². The van der Waals surface area contributed by atoms with Crippen LogP contribution in [0.4, 0.5) is 4.39 Å². The summed E-state index contributed by atoms with van der Waals surface area (Å²) in [6.45, 7) is 3.36. The fourth-order valence-electron chi connectivity index (χ4n) is 1.91. The van der Waals surface area contributed by atoms with Crippen LogP contribution in [-0.2, 0) is 23.1 Å². The second-order valence-corrected chi connectivity index (χ2v) is 6.49. The van der Waals surface area contributed by atoms with E-state index in [9.17, 15) is 12.8 Å². The maximum Gasteiger partial charge on any atom is 0.241 e. The highest BCUT2D eigenvalue weighted by atomic mass is 32.2. The molecule has 0 spiro atoms. The number of hydrogen-bond acceptors (Lipinski definition) is 4. The Labute approximate surface area is 122 Å². The Balaban J connectivity index is 2.31. The smallest absolute Gasteiger partial charge is 0.241 e. The summed E-state index contributed by atoms with van der Waals surface area (Å²) in [5.74, 6) is -0.585. The molecule has 0 amide bonds. The minimum Gasteiger partial charge on any atom is -0.326 e. The van der Waals surface area contributed by atoms with Crippen LogP contribution in [-0.4, -0.2) is 18.6 Å². The van der Waals surface area contributed by atoms with Gasteiger partial charge in [0.2, 0.25) is 10.0 Å². The third-order valence-electron chi connectivity index (χ3n) is 3.27. The van der Waals surface area contributed by atoms with Crippen molar-refractivity contribution < 1.29 is 12.8 Å². The van der Waals surface area contributed by atoms with Gasteiger partial charge in [-0.05, 0) is 31.5 Å². The SMILES string of the molecule is Cc1[nH]ncc1CNS(=O)(=O)c1cc(CN)cc(F)c1C. The monoisotopic (exact) mass is 312 g/mol. The second kappa shape index (κ2) is 5.92. The zero-order chi connectivity index (χ0) is 15.6. The Hall–Kier alpha value is -1.77. The molecule has 0 bridgehead atoms. The van der Waals surface area contributed by atoms with Crippen LogP contribution >= 0.6 is 0 Å². The summed E-state index contributed by atoms with van der Waals surface area (Å²) in [7, 11) is -3.83. The largest absolute Gasteiger partial charge is 0.326 e. The lowest BCUT2D eigenvalue weighted by molar-refractivity contribution is 0.573. The Kier molecular flexibility index (Phi) is 4.40. The van der Waals surface area contributed by atoms with E-state index in [1.54, 1.807) is 13.1 Å². The van der Waals surface area contributed by atoms with Gasteiger partial charge in [0.1, 0.15) is 5.82 Å². The highest BCUT2D eigenvalue weighted by Gasteiger charge is 2.20. The summed E-state index contributed by atoms with van der Waals surface area (Å²) < 4.78 is 40.9. The summed E-state index contributed by atoms with van der Waals surface area (Å²) in [4.78, 5) is -0.0934. The molecular weight excluding hydrogens is 295 g/mol. The Morgan fingerprint density at radius 3 is 2.67 bits per heavy atom. The second-order valence-electron chi connectivity index (χ2n) is 4.75. The van der Waals surface area contributed by atoms with Crippen LogP contribution in [0.25, 0.3) is 0 Å². The number of nitrogens with one attached hydrogen (secondary N) is 2. The predicted molar refractivity (Wildman–Crippen MR) is 76.4 cm³/mol. The zero-order valence-corrected chi connectivity index (χ0v) is 12.6. The number of aromatic nitrogens is 2. The van der Waals surface area contributed by atoms with Crippen molar-refractivity contribution >= 4 is 10.0 Å². The van der Waals surface area contributed by atoms with Gasteiger partial charge >= 0.3 is 0 Å². The molecule has 0 aliphatic carbocycles. The van der Waals surface area contributed by atoms with Crippen LogP contribution < -0.4 is 10.5 Å². The van der Waals surface area contributed by atoms with Gasteiger partial charge in [0, 0.05) is 29.9 Å². The molecule has 21 heavy (non-hydrogen) atoms. The first-order valence-corrected chi connectivity index (χ1v) is 7.81. The minimum absolute atomic E-state index is 0.0700. The van der Waals surface area contributed by atoms with Gasteiger partial charge in [0.15, 0.2) is 0 Å². The fourth-order valence-corrected chi connectivity index (χ4v) is 3.22. The molecular formula is C13H17FN4O2S. The molecule has 1 heterocycles. The number of aromatic amines is 1. The molecule has 0 radical (unpaired) electrons. The molecule has 0 fully saturated rings. The predicted octanol–water partition coefficient (Wildman–Crippen LogP) is 1.10. The normalized spacial score (nSPS) is 11.8. The quantitative estimate of drug-likeness (QED) is 0.769. The number of H-pyrrole nitrogens is 1. The van der Waals surface area contributed by atoms with Crippen molar-refractivity contribution in [2.24, 2.45) is 5.73 Å². The van der Waals surface area contributed by atoms with Gasteiger partial charge in [0.05, 0.1) is 11.1 Å². The molecule has 8 heteroatoms. The molecule has 0 unspecified atom stereocenters. The topological polar surface area (TPSA) is 101 Å². The molecule has 0 aliphatic rings. The summed E-state index contributed by atoms with van der Waals surface area (Å²) in [6, 6.07) is 2.64. The van der Waals surface area contributed by atoms with Gasteiger partial charge < -0.3 is 5.73 Å². The van der Waals surface area contributed by atoms with E-state index in [-0.39, 0.29) is 23.5 Å². The fraction of sp³-hybridized carbons (Fsp3) is 0.308. The lowest BCUT2D eigenvalue weighted by atomic mass is 10.1. The van der Waals surface area contributed by atoms with E-state index < -0.39 is 15.8 Å². The number of hydrogen-bond donors (Lipinski definition) is 3. The van der Waals surface area contributed by atoms with Crippen LogP contribution in [0.15, 0.2) is 23.2 Å². The first kappa shape index (κ1) is 15.6. The van der Waals surface area contributed by atoms with Crippen molar-refractivity contribution in [3.63, 3.8) is 0 Å². The third kappa shape index (κ3) is 3.29. The summed E-state index contributed by atoms with van der Waals surface area (Å²) >= 11 is 0. The van der Waals surface area contributed by atoms with Crippen LogP contribution in [0.3, 0.4) is 0 Å². The molecule has 0 aliphatic heterocycles.